The first-order valence-electron chi connectivity index (χ1n) is 13.9. The first kappa shape index (κ1) is 30.5. The maximum absolute atomic E-state index is 12.7. The Kier molecular flexibility index (Phi) is 11.1. The molecule has 9 nitrogen and oxygen atoms in total. The quantitative estimate of drug-likeness (QED) is 0.171. The number of thioether (sulfide) groups is 1. The molecule has 0 saturated carbocycles. The molecule has 0 spiro atoms. The molecular formula is C30H35ClN4O5S. The molecule has 4 rings (SSSR count). The van der Waals surface area contributed by atoms with E-state index in [1.165, 1.54) is 36.0 Å². The number of unbranched alkanes of at least 4 members (excludes halogenated alkanes) is 3. The van der Waals surface area contributed by atoms with Gasteiger partial charge in [-0.05, 0) is 79.6 Å². The number of benzene rings is 2. The molecule has 2 heterocycles. The normalized spacial score (nSPS) is 15.5. The lowest BCUT2D eigenvalue weighted by atomic mass is 10.1. The number of hydrazone groups is 1. The van der Waals surface area contributed by atoms with Crippen molar-refractivity contribution < 1.29 is 23.7 Å². The number of carbonyl (C=O) groups is 1. The first-order chi connectivity index (χ1) is 19.9. The smallest absolute Gasteiger partial charge is 0.283 e. The van der Waals surface area contributed by atoms with E-state index in [2.05, 4.69) is 17.0 Å². The average Bonchev–Trinajstić information content (AvgIpc) is 3.38. The summed E-state index contributed by atoms with van der Waals surface area (Å²) in [6.45, 7) is 7.65. The van der Waals surface area contributed by atoms with Crippen LogP contribution in [0.25, 0.3) is 6.08 Å². The third-order valence-corrected chi connectivity index (χ3v) is 7.46. The monoisotopic (exact) mass is 598 g/mol. The molecule has 2 aliphatic rings. The van der Waals surface area contributed by atoms with Crippen molar-refractivity contribution >= 4 is 51.4 Å². The summed E-state index contributed by atoms with van der Waals surface area (Å²) in [7, 11) is 0. The van der Waals surface area contributed by atoms with Crippen molar-refractivity contribution in [1.29, 1.82) is 5.41 Å². The predicted molar refractivity (Wildman–Crippen MR) is 165 cm³/mol. The van der Waals surface area contributed by atoms with Crippen LogP contribution in [0.1, 0.15) is 58.4 Å². The maximum atomic E-state index is 12.7. The highest BCUT2D eigenvalue weighted by molar-refractivity contribution is 8.26. The van der Waals surface area contributed by atoms with Gasteiger partial charge in [-0.3, -0.25) is 10.2 Å². The van der Waals surface area contributed by atoms with E-state index >= 15 is 0 Å². The SMILES string of the molecule is CCCCCCOc1ccc(OCCOc2c(Cl)cc(/C=C3/C(=N)N4N=C(CC)SC4=NC3=O)cc2OCC)cc1. The molecule has 218 valence electrons. The number of amides is 1. The molecule has 2 aromatic carbocycles. The number of fused-ring (bicyclic) bond motifs is 1. The molecule has 0 fully saturated rings. The number of halogens is 1. The van der Waals surface area contributed by atoms with Gasteiger partial charge in [0.15, 0.2) is 17.3 Å². The number of carbonyl (C=O) groups excluding carboxylic acids is 1. The second-order valence-corrected chi connectivity index (χ2v) is 10.7. The third kappa shape index (κ3) is 8.04. The summed E-state index contributed by atoms with van der Waals surface area (Å²) in [5.74, 6) is 1.80. The highest BCUT2D eigenvalue weighted by atomic mass is 35.5. The van der Waals surface area contributed by atoms with Crippen LogP contribution in [-0.2, 0) is 4.79 Å². The Morgan fingerprint density at radius 1 is 0.951 bits per heavy atom. The summed E-state index contributed by atoms with van der Waals surface area (Å²) in [6, 6.07) is 10.9. The molecule has 0 atom stereocenters. The summed E-state index contributed by atoms with van der Waals surface area (Å²) in [4.78, 5) is 16.8. The third-order valence-electron chi connectivity index (χ3n) is 6.13. The summed E-state index contributed by atoms with van der Waals surface area (Å²) >= 11 is 7.88. The van der Waals surface area contributed by atoms with Crippen molar-refractivity contribution in [1.82, 2.24) is 5.01 Å². The van der Waals surface area contributed by atoms with Crippen molar-refractivity contribution in [3.05, 3.63) is 52.6 Å². The zero-order chi connectivity index (χ0) is 29.2. The number of hydrogen-bond acceptors (Lipinski definition) is 8. The first-order valence-corrected chi connectivity index (χ1v) is 15.1. The lowest BCUT2D eigenvalue weighted by molar-refractivity contribution is -0.114. The van der Waals surface area contributed by atoms with Crippen molar-refractivity contribution in [2.75, 3.05) is 26.4 Å². The van der Waals surface area contributed by atoms with Gasteiger partial charge in [0.1, 0.15) is 29.8 Å². The molecule has 0 saturated heterocycles. The number of ether oxygens (including phenoxy) is 4. The van der Waals surface area contributed by atoms with Crippen LogP contribution in [0.3, 0.4) is 0 Å². The van der Waals surface area contributed by atoms with Crippen molar-refractivity contribution in [3.8, 4) is 23.0 Å². The molecule has 2 aromatic rings. The van der Waals surface area contributed by atoms with E-state index < -0.39 is 5.91 Å². The standard InChI is InChI=1S/C30H35ClN4O5S/c1-4-7-8-9-14-38-21-10-12-22(13-11-21)39-15-16-40-27-24(31)18-20(19-25(27)37-6-3)17-23-28(32)35-30(33-29(23)36)41-26(5-2)34-35/h10-13,17-19,32H,4-9,14-16H2,1-3H3/b23-17-,32-28?. The predicted octanol–water partition coefficient (Wildman–Crippen LogP) is 7.18. The van der Waals surface area contributed by atoms with Crippen LogP contribution in [0, 0.1) is 5.41 Å². The van der Waals surface area contributed by atoms with E-state index in [0.29, 0.717) is 59.2 Å². The lowest BCUT2D eigenvalue weighted by Crippen LogP contribution is -2.35. The Balaban J connectivity index is 1.36. The minimum Gasteiger partial charge on any atom is -0.494 e. The van der Waals surface area contributed by atoms with E-state index in [9.17, 15) is 4.79 Å². The molecule has 41 heavy (non-hydrogen) atoms. The van der Waals surface area contributed by atoms with Crippen LogP contribution in [0.4, 0.5) is 0 Å². The van der Waals surface area contributed by atoms with Crippen LogP contribution in [-0.4, -0.2) is 53.4 Å². The molecule has 0 unspecified atom stereocenters. The van der Waals surface area contributed by atoms with Crippen LogP contribution >= 0.6 is 23.4 Å². The highest BCUT2D eigenvalue weighted by Crippen LogP contribution is 2.38. The number of aliphatic imine (C=N–C) groups is 1. The topological polar surface area (TPSA) is 106 Å². The Morgan fingerprint density at radius 3 is 2.34 bits per heavy atom. The van der Waals surface area contributed by atoms with Crippen LogP contribution in [0.5, 0.6) is 23.0 Å². The van der Waals surface area contributed by atoms with Gasteiger partial charge in [0, 0.05) is 0 Å². The summed E-state index contributed by atoms with van der Waals surface area (Å²) in [5.41, 5.74) is 0.692. The van der Waals surface area contributed by atoms with Crippen LogP contribution in [0.2, 0.25) is 5.02 Å². The summed E-state index contributed by atoms with van der Waals surface area (Å²) < 4.78 is 23.3. The van der Waals surface area contributed by atoms with Gasteiger partial charge in [-0.1, -0.05) is 44.7 Å². The van der Waals surface area contributed by atoms with E-state index in [4.69, 9.17) is 36.0 Å². The van der Waals surface area contributed by atoms with Gasteiger partial charge >= 0.3 is 0 Å². The van der Waals surface area contributed by atoms with Gasteiger partial charge in [-0.2, -0.15) is 15.1 Å². The highest BCUT2D eigenvalue weighted by Gasteiger charge is 2.35. The fourth-order valence-electron chi connectivity index (χ4n) is 4.07. The molecule has 1 amide bonds. The molecule has 0 bridgehead atoms. The largest absolute Gasteiger partial charge is 0.494 e. The number of hydrogen-bond donors (Lipinski definition) is 1. The van der Waals surface area contributed by atoms with Gasteiger partial charge < -0.3 is 18.9 Å². The Morgan fingerprint density at radius 2 is 1.66 bits per heavy atom. The van der Waals surface area contributed by atoms with Crippen LogP contribution in [0.15, 0.2) is 52.1 Å². The van der Waals surface area contributed by atoms with E-state index in [1.807, 2.05) is 38.1 Å². The molecule has 2 aliphatic heterocycles. The van der Waals surface area contributed by atoms with Crippen LogP contribution < -0.4 is 18.9 Å². The molecule has 0 aromatic heterocycles. The molecule has 1 N–H and O–H groups in total. The number of nitrogens with one attached hydrogen (secondary N) is 1. The summed E-state index contributed by atoms with van der Waals surface area (Å²) in [5, 5.41) is 15.8. The van der Waals surface area contributed by atoms with Gasteiger partial charge in [-0.15, -0.1) is 0 Å². The average molecular weight is 599 g/mol. The van der Waals surface area contributed by atoms with E-state index in [0.717, 1.165) is 17.2 Å². The second kappa shape index (κ2) is 14.9. The number of nitrogens with zero attached hydrogens (tertiary/aromatic N) is 3. The number of rotatable bonds is 15. The van der Waals surface area contributed by atoms with Crippen molar-refractivity contribution in [2.24, 2.45) is 10.1 Å². The Bertz CT molecular complexity index is 1340. The minimum atomic E-state index is -0.501. The lowest BCUT2D eigenvalue weighted by Gasteiger charge is -2.20. The fraction of sp³-hybridized carbons (Fsp3) is 0.400. The zero-order valence-electron chi connectivity index (χ0n) is 23.6. The minimum absolute atomic E-state index is 0.0333. The van der Waals surface area contributed by atoms with Crippen molar-refractivity contribution in [3.63, 3.8) is 0 Å². The molecule has 11 heteroatoms. The van der Waals surface area contributed by atoms with Crippen molar-refractivity contribution in [2.45, 2.75) is 52.9 Å². The number of amidine groups is 2. The van der Waals surface area contributed by atoms with Gasteiger partial charge in [-0.25, -0.2) is 0 Å². The molecular weight excluding hydrogens is 564 g/mol. The zero-order valence-corrected chi connectivity index (χ0v) is 25.1. The summed E-state index contributed by atoms with van der Waals surface area (Å²) in [6.07, 6.45) is 6.93. The van der Waals surface area contributed by atoms with Gasteiger partial charge in [0.2, 0.25) is 5.17 Å². The van der Waals surface area contributed by atoms with E-state index in [-0.39, 0.29) is 18.0 Å². The molecule has 0 radical (unpaired) electrons. The fourth-order valence-corrected chi connectivity index (χ4v) is 5.17. The molecule has 0 aliphatic carbocycles. The Labute approximate surface area is 250 Å². The van der Waals surface area contributed by atoms with Gasteiger partial charge in [0.25, 0.3) is 5.91 Å². The maximum Gasteiger partial charge on any atom is 0.283 e. The Hall–Kier alpha value is -3.50. The van der Waals surface area contributed by atoms with Gasteiger partial charge in [0.05, 0.1) is 23.8 Å². The second-order valence-electron chi connectivity index (χ2n) is 9.21. The van der Waals surface area contributed by atoms with E-state index in [1.54, 1.807) is 18.2 Å².